The lowest BCUT2D eigenvalue weighted by molar-refractivity contribution is -0.114. The number of methoxy groups -OCH3 is 3. The Kier molecular flexibility index (Phi) is 8.13. The molecule has 0 bridgehead atoms. The molecule has 1 heterocycles. The predicted octanol–water partition coefficient (Wildman–Crippen LogP) is 1.90. The maximum absolute atomic E-state index is 12.9. The lowest BCUT2D eigenvalue weighted by Gasteiger charge is -2.23. The topological polar surface area (TPSA) is 132 Å². The molecule has 192 valence electrons. The van der Waals surface area contributed by atoms with Crippen molar-refractivity contribution in [3.05, 3.63) is 36.4 Å². The number of hydrogen-bond donors (Lipinski definition) is 1. The minimum absolute atomic E-state index is 0.00959. The van der Waals surface area contributed by atoms with Crippen molar-refractivity contribution in [2.24, 2.45) is 0 Å². The van der Waals surface area contributed by atoms with E-state index < -0.39 is 32.5 Å². The second-order valence-corrected chi connectivity index (χ2v) is 11.7. The zero-order valence-electron chi connectivity index (χ0n) is 20.0. The number of anilines is 2. The number of sulfonamides is 2. The highest BCUT2D eigenvalue weighted by Crippen LogP contribution is 2.33. The van der Waals surface area contributed by atoms with Crippen molar-refractivity contribution in [1.82, 2.24) is 4.31 Å². The highest BCUT2D eigenvalue weighted by Gasteiger charge is 2.28. The molecule has 1 fully saturated rings. The molecule has 35 heavy (non-hydrogen) atoms. The van der Waals surface area contributed by atoms with Gasteiger partial charge in [0, 0.05) is 19.2 Å². The molecule has 2 aromatic rings. The molecule has 0 saturated carbocycles. The van der Waals surface area contributed by atoms with Crippen LogP contribution in [0.15, 0.2) is 41.3 Å². The van der Waals surface area contributed by atoms with E-state index in [0.717, 1.165) is 23.4 Å². The monoisotopic (exact) mass is 527 g/mol. The van der Waals surface area contributed by atoms with E-state index >= 15 is 0 Å². The van der Waals surface area contributed by atoms with Gasteiger partial charge in [-0.1, -0.05) is 0 Å². The molecule has 1 amide bonds. The summed E-state index contributed by atoms with van der Waals surface area (Å²) in [7, 11) is -3.36. The maximum Gasteiger partial charge on any atom is 0.245 e. The van der Waals surface area contributed by atoms with Gasteiger partial charge in [0.25, 0.3) is 0 Å². The van der Waals surface area contributed by atoms with Gasteiger partial charge in [0.1, 0.15) is 12.3 Å². The van der Waals surface area contributed by atoms with Gasteiger partial charge in [0.15, 0.2) is 11.5 Å². The lowest BCUT2D eigenvalue weighted by Crippen LogP contribution is -2.37. The van der Waals surface area contributed by atoms with Crippen LogP contribution in [0.25, 0.3) is 0 Å². The fraction of sp³-hybridized carbons (Fsp3) is 0.409. The summed E-state index contributed by atoms with van der Waals surface area (Å²) in [5.74, 6) is 0.227. The second kappa shape index (κ2) is 10.7. The van der Waals surface area contributed by atoms with E-state index in [1.54, 1.807) is 0 Å². The van der Waals surface area contributed by atoms with Gasteiger partial charge in [-0.05, 0) is 43.2 Å². The number of benzene rings is 2. The van der Waals surface area contributed by atoms with Gasteiger partial charge in [-0.3, -0.25) is 9.10 Å². The summed E-state index contributed by atoms with van der Waals surface area (Å²) in [5.41, 5.74) is 0.302. The van der Waals surface area contributed by atoms with Crippen LogP contribution in [0, 0.1) is 0 Å². The number of carbonyl (C=O) groups is 1. The molecule has 1 saturated heterocycles. The average molecular weight is 528 g/mol. The molecule has 13 heteroatoms. The number of ether oxygens (including phenoxy) is 3. The minimum Gasteiger partial charge on any atom is -0.495 e. The molecule has 0 unspecified atom stereocenters. The molecular formula is C22H29N3O8S2. The molecule has 3 rings (SSSR count). The van der Waals surface area contributed by atoms with Crippen LogP contribution in [-0.2, 0) is 24.8 Å². The number of hydrogen-bond acceptors (Lipinski definition) is 8. The molecular weight excluding hydrogens is 498 g/mol. The summed E-state index contributed by atoms with van der Waals surface area (Å²) in [4.78, 5) is 12.9. The Hall–Kier alpha value is -3.03. The van der Waals surface area contributed by atoms with Crippen LogP contribution in [0.1, 0.15) is 12.8 Å². The molecule has 0 aliphatic carbocycles. The van der Waals surface area contributed by atoms with E-state index in [1.165, 1.54) is 62.0 Å². The first-order chi connectivity index (χ1) is 16.5. The van der Waals surface area contributed by atoms with Crippen LogP contribution < -0.4 is 23.8 Å². The van der Waals surface area contributed by atoms with Crippen LogP contribution in [0.3, 0.4) is 0 Å². The van der Waals surface area contributed by atoms with Gasteiger partial charge in [0.05, 0.1) is 43.9 Å². The number of nitrogens with zero attached hydrogens (tertiary/aromatic N) is 2. The molecule has 1 aliphatic rings. The van der Waals surface area contributed by atoms with Gasteiger partial charge in [-0.2, -0.15) is 4.31 Å². The summed E-state index contributed by atoms with van der Waals surface area (Å²) in [6.07, 6.45) is 2.55. The molecule has 0 radical (unpaired) electrons. The zero-order valence-corrected chi connectivity index (χ0v) is 21.6. The van der Waals surface area contributed by atoms with Gasteiger partial charge in [-0.15, -0.1) is 0 Å². The first-order valence-corrected chi connectivity index (χ1v) is 14.0. The standard InChI is InChI=1S/C22H29N3O8S2/c1-31-19-10-8-17(35(29,30)24-11-5-6-12-24)14-18(19)23-22(26)15-25(34(4,27)28)16-7-9-20(32-2)21(13-16)33-3/h7-10,13-14H,5-6,11-12,15H2,1-4H3,(H,23,26). The third-order valence-electron chi connectivity index (χ3n) is 5.49. The molecule has 1 N–H and O–H groups in total. The molecule has 0 aromatic heterocycles. The molecule has 0 spiro atoms. The van der Waals surface area contributed by atoms with Gasteiger partial charge in [0.2, 0.25) is 26.0 Å². The number of carbonyl (C=O) groups excluding carboxylic acids is 1. The Labute approximate surface area is 205 Å². The van der Waals surface area contributed by atoms with Crippen molar-refractivity contribution in [3.63, 3.8) is 0 Å². The summed E-state index contributed by atoms with van der Waals surface area (Å²) in [6.45, 7) is 0.302. The van der Waals surface area contributed by atoms with E-state index in [-0.39, 0.29) is 22.0 Å². The zero-order chi connectivity index (χ0) is 25.8. The van der Waals surface area contributed by atoms with Gasteiger partial charge < -0.3 is 19.5 Å². The van der Waals surface area contributed by atoms with E-state index in [9.17, 15) is 21.6 Å². The van der Waals surface area contributed by atoms with Gasteiger partial charge in [-0.25, -0.2) is 16.8 Å². The van der Waals surface area contributed by atoms with E-state index in [0.29, 0.717) is 24.6 Å². The number of nitrogens with one attached hydrogen (secondary N) is 1. The van der Waals surface area contributed by atoms with Crippen molar-refractivity contribution >= 4 is 37.3 Å². The minimum atomic E-state index is -3.87. The lowest BCUT2D eigenvalue weighted by atomic mass is 10.2. The summed E-state index contributed by atoms with van der Waals surface area (Å²) >= 11 is 0. The average Bonchev–Trinajstić information content (AvgIpc) is 3.37. The van der Waals surface area contributed by atoms with Crippen LogP contribution in [0.2, 0.25) is 0 Å². The quantitative estimate of drug-likeness (QED) is 0.496. The Morgan fingerprint density at radius 1 is 0.914 bits per heavy atom. The normalized spacial score (nSPS) is 14.4. The second-order valence-electron chi connectivity index (χ2n) is 7.83. The van der Waals surface area contributed by atoms with Crippen molar-refractivity contribution in [1.29, 1.82) is 0 Å². The highest BCUT2D eigenvalue weighted by molar-refractivity contribution is 7.92. The highest BCUT2D eigenvalue weighted by atomic mass is 32.2. The van der Waals surface area contributed by atoms with Crippen molar-refractivity contribution < 1.29 is 35.8 Å². The molecule has 11 nitrogen and oxygen atoms in total. The Balaban J connectivity index is 1.89. The van der Waals surface area contributed by atoms with E-state index in [1.807, 2.05) is 0 Å². The number of rotatable bonds is 10. The third-order valence-corrected chi connectivity index (χ3v) is 8.53. The van der Waals surface area contributed by atoms with Crippen LogP contribution in [0.5, 0.6) is 17.2 Å². The summed E-state index contributed by atoms with van der Waals surface area (Å²) in [6, 6.07) is 8.62. The Morgan fingerprint density at radius 3 is 2.09 bits per heavy atom. The van der Waals surface area contributed by atoms with Crippen molar-refractivity contribution in [2.45, 2.75) is 17.7 Å². The first-order valence-electron chi connectivity index (χ1n) is 10.7. The summed E-state index contributed by atoms with van der Waals surface area (Å²) in [5, 5.41) is 2.58. The Morgan fingerprint density at radius 2 is 1.51 bits per heavy atom. The fourth-order valence-electron chi connectivity index (χ4n) is 3.72. The van der Waals surface area contributed by atoms with E-state index in [2.05, 4.69) is 5.32 Å². The SMILES string of the molecule is COc1ccc(S(=O)(=O)N2CCCC2)cc1NC(=O)CN(c1ccc(OC)c(OC)c1)S(C)(=O)=O. The molecule has 0 atom stereocenters. The first kappa shape index (κ1) is 26.6. The smallest absolute Gasteiger partial charge is 0.245 e. The van der Waals surface area contributed by atoms with Crippen molar-refractivity contribution in [3.8, 4) is 17.2 Å². The van der Waals surface area contributed by atoms with Crippen LogP contribution >= 0.6 is 0 Å². The maximum atomic E-state index is 12.9. The van der Waals surface area contributed by atoms with Gasteiger partial charge >= 0.3 is 0 Å². The molecule has 2 aromatic carbocycles. The van der Waals surface area contributed by atoms with Crippen LogP contribution in [0.4, 0.5) is 11.4 Å². The molecule has 1 aliphatic heterocycles. The Bertz CT molecular complexity index is 1290. The van der Waals surface area contributed by atoms with Crippen molar-refractivity contribution in [2.75, 3.05) is 56.8 Å². The third kappa shape index (κ3) is 5.97. The van der Waals surface area contributed by atoms with Crippen LogP contribution in [-0.4, -0.2) is 74.3 Å². The predicted molar refractivity (Wildman–Crippen MR) is 131 cm³/mol. The summed E-state index contributed by atoms with van der Waals surface area (Å²) < 4.78 is 68.8. The largest absolute Gasteiger partial charge is 0.495 e. The number of amides is 1. The van der Waals surface area contributed by atoms with E-state index in [4.69, 9.17) is 14.2 Å². The fourth-order valence-corrected chi connectivity index (χ4v) is 6.12.